The molecule has 1 aromatic carbocycles. The molecule has 0 saturated carbocycles. The van der Waals surface area contributed by atoms with E-state index in [4.69, 9.17) is 26.1 Å². The van der Waals surface area contributed by atoms with Crippen LogP contribution < -0.4 is 9.47 Å². The molecule has 1 fully saturated rings. The van der Waals surface area contributed by atoms with Crippen molar-refractivity contribution in [2.45, 2.75) is 13.2 Å². The number of ether oxygens (including phenoxy) is 2. The van der Waals surface area contributed by atoms with Crippen molar-refractivity contribution < 1.29 is 13.9 Å². The van der Waals surface area contributed by atoms with Gasteiger partial charge in [-0.05, 0) is 42.5 Å². The average molecular weight is 411 g/mol. The number of pyridine rings is 1. The third-order valence-corrected chi connectivity index (χ3v) is 5.43. The lowest BCUT2D eigenvalue weighted by atomic mass is 10.2. The number of fused-ring (bicyclic) bond motifs is 1. The number of benzene rings is 1. The normalized spacial score (nSPS) is 17.0. The molecule has 8 nitrogen and oxygen atoms in total. The highest BCUT2D eigenvalue weighted by Gasteiger charge is 2.20. The van der Waals surface area contributed by atoms with Crippen molar-refractivity contribution in [2.24, 2.45) is 0 Å². The SMILES string of the molecule is S=c1oc(-c2ccc3c(c2)OCO3)nn1CN1CCN(Cc2ccccn2)CC1. The van der Waals surface area contributed by atoms with Crippen LogP contribution in [0.4, 0.5) is 0 Å². The monoisotopic (exact) mass is 411 g/mol. The topological polar surface area (TPSA) is 68.8 Å². The molecule has 5 rings (SSSR count). The Morgan fingerprint density at radius 2 is 1.79 bits per heavy atom. The number of nitrogens with zero attached hydrogens (tertiary/aromatic N) is 5. The van der Waals surface area contributed by atoms with E-state index in [2.05, 4.69) is 25.9 Å². The summed E-state index contributed by atoms with van der Waals surface area (Å²) in [5, 5.41) is 4.57. The highest BCUT2D eigenvalue weighted by atomic mass is 32.1. The van der Waals surface area contributed by atoms with Crippen LogP contribution in [0.3, 0.4) is 0 Å². The smallest absolute Gasteiger partial charge is 0.288 e. The van der Waals surface area contributed by atoms with Crippen molar-refractivity contribution in [3.05, 3.63) is 53.1 Å². The van der Waals surface area contributed by atoms with E-state index in [0.717, 1.165) is 49.7 Å². The van der Waals surface area contributed by atoms with Crippen molar-refractivity contribution in [3.8, 4) is 23.0 Å². The van der Waals surface area contributed by atoms with Gasteiger partial charge in [0.25, 0.3) is 4.84 Å². The molecule has 0 amide bonds. The van der Waals surface area contributed by atoms with Crippen LogP contribution in [-0.2, 0) is 13.2 Å². The lowest BCUT2D eigenvalue weighted by molar-refractivity contribution is 0.0966. The quantitative estimate of drug-likeness (QED) is 0.594. The number of hydrogen-bond acceptors (Lipinski definition) is 8. The summed E-state index contributed by atoms with van der Waals surface area (Å²) in [6.07, 6.45) is 1.84. The van der Waals surface area contributed by atoms with Crippen molar-refractivity contribution in [2.75, 3.05) is 33.0 Å². The maximum atomic E-state index is 5.73. The number of rotatable bonds is 5. The minimum absolute atomic E-state index is 0.239. The Hall–Kier alpha value is -2.75. The van der Waals surface area contributed by atoms with Crippen LogP contribution in [-0.4, -0.2) is 57.5 Å². The third kappa shape index (κ3) is 4.02. The summed E-state index contributed by atoms with van der Waals surface area (Å²) < 4.78 is 18.2. The van der Waals surface area contributed by atoms with Crippen LogP contribution >= 0.6 is 12.2 Å². The minimum Gasteiger partial charge on any atom is -0.454 e. The minimum atomic E-state index is 0.239. The Kier molecular flexibility index (Phi) is 5.01. The molecule has 29 heavy (non-hydrogen) atoms. The van der Waals surface area contributed by atoms with E-state index in [1.165, 1.54) is 0 Å². The largest absolute Gasteiger partial charge is 0.454 e. The Morgan fingerprint density at radius 1 is 0.966 bits per heavy atom. The molecule has 2 aromatic heterocycles. The fraction of sp³-hybridized carbons (Fsp3) is 0.350. The zero-order chi connectivity index (χ0) is 19.6. The van der Waals surface area contributed by atoms with Crippen LogP contribution in [0.15, 0.2) is 47.0 Å². The van der Waals surface area contributed by atoms with E-state index in [1.54, 1.807) is 4.68 Å². The molecule has 2 aliphatic heterocycles. The van der Waals surface area contributed by atoms with Gasteiger partial charge in [0.15, 0.2) is 11.5 Å². The molecule has 0 spiro atoms. The predicted octanol–water partition coefficient (Wildman–Crippen LogP) is 2.77. The molecule has 1 saturated heterocycles. The fourth-order valence-corrected chi connectivity index (χ4v) is 3.72. The van der Waals surface area contributed by atoms with Gasteiger partial charge in [0.2, 0.25) is 12.7 Å². The second kappa shape index (κ2) is 7.94. The van der Waals surface area contributed by atoms with Gasteiger partial charge in [-0.2, -0.15) is 0 Å². The number of hydrogen-bond donors (Lipinski definition) is 0. The molecule has 0 atom stereocenters. The molecule has 3 aromatic rings. The maximum Gasteiger partial charge on any atom is 0.288 e. The first-order valence-electron chi connectivity index (χ1n) is 9.57. The van der Waals surface area contributed by atoms with Crippen LogP contribution in [0.25, 0.3) is 11.5 Å². The Bertz CT molecular complexity index is 1040. The molecule has 4 heterocycles. The van der Waals surface area contributed by atoms with E-state index in [0.29, 0.717) is 23.1 Å². The second-order valence-electron chi connectivity index (χ2n) is 7.10. The van der Waals surface area contributed by atoms with E-state index in [-0.39, 0.29) is 6.79 Å². The van der Waals surface area contributed by atoms with Gasteiger partial charge >= 0.3 is 0 Å². The van der Waals surface area contributed by atoms with E-state index >= 15 is 0 Å². The summed E-state index contributed by atoms with van der Waals surface area (Å²) in [7, 11) is 0. The van der Waals surface area contributed by atoms with Crippen molar-refractivity contribution in [1.29, 1.82) is 0 Å². The summed E-state index contributed by atoms with van der Waals surface area (Å²) >= 11 is 5.38. The number of aromatic nitrogens is 3. The Labute approximate surface area is 173 Å². The van der Waals surface area contributed by atoms with Gasteiger partial charge in [-0.3, -0.25) is 14.8 Å². The number of piperazine rings is 1. The van der Waals surface area contributed by atoms with E-state index in [9.17, 15) is 0 Å². The zero-order valence-electron chi connectivity index (χ0n) is 15.9. The third-order valence-electron chi connectivity index (χ3n) is 5.14. The standard InChI is InChI=1S/C20H21N5O3S/c29-20-25(22-19(28-20)15-4-5-17-18(11-15)27-14-26-17)13-24-9-7-23(8-10-24)12-16-3-1-2-6-21-16/h1-6,11H,7-10,12-14H2. The van der Waals surface area contributed by atoms with Crippen molar-refractivity contribution >= 4 is 12.2 Å². The molecule has 0 N–H and O–H groups in total. The zero-order valence-corrected chi connectivity index (χ0v) is 16.7. The second-order valence-corrected chi connectivity index (χ2v) is 7.45. The molecule has 9 heteroatoms. The summed E-state index contributed by atoms with van der Waals surface area (Å²) in [5.74, 6) is 1.92. The molecule has 0 aliphatic carbocycles. The molecular weight excluding hydrogens is 390 g/mol. The predicted molar refractivity (Wildman–Crippen MR) is 108 cm³/mol. The summed E-state index contributed by atoms with van der Waals surface area (Å²) in [6.45, 7) is 5.59. The average Bonchev–Trinajstić information content (AvgIpc) is 3.36. The Balaban J connectivity index is 1.21. The first-order chi connectivity index (χ1) is 14.2. The summed E-state index contributed by atoms with van der Waals surface area (Å²) in [5.41, 5.74) is 1.92. The highest BCUT2D eigenvalue weighted by molar-refractivity contribution is 7.71. The Morgan fingerprint density at radius 3 is 2.62 bits per heavy atom. The van der Waals surface area contributed by atoms with Gasteiger partial charge in [0, 0.05) is 44.5 Å². The van der Waals surface area contributed by atoms with Gasteiger partial charge in [-0.15, -0.1) is 5.10 Å². The molecule has 150 valence electrons. The molecule has 0 radical (unpaired) electrons. The lowest BCUT2D eigenvalue weighted by Gasteiger charge is -2.34. The maximum absolute atomic E-state index is 5.73. The lowest BCUT2D eigenvalue weighted by Crippen LogP contribution is -2.46. The first kappa shape index (κ1) is 18.3. The van der Waals surface area contributed by atoms with Gasteiger partial charge in [0.1, 0.15) is 0 Å². The van der Waals surface area contributed by atoms with Crippen molar-refractivity contribution in [3.63, 3.8) is 0 Å². The van der Waals surface area contributed by atoms with Gasteiger partial charge in [-0.1, -0.05) is 6.07 Å². The first-order valence-corrected chi connectivity index (χ1v) is 9.98. The summed E-state index contributed by atoms with van der Waals surface area (Å²) in [4.78, 5) is 9.53. The fourth-order valence-electron chi connectivity index (χ4n) is 3.54. The van der Waals surface area contributed by atoms with Gasteiger partial charge in [-0.25, -0.2) is 4.68 Å². The van der Waals surface area contributed by atoms with Crippen molar-refractivity contribution in [1.82, 2.24) is 24.6 Å². The summed E-state index contributed by atoms with van der Waals surface area (Å²) in [6, 6.07) is 11.7. The van der Waals surface area contributed by atoms with E-state index < -0.39 is 0 Å². The molecule has 2 aliphatic rings. The molecular formula is C20H21N5O3S. The van der Waals surface area contributed by atoms with Crippen LogP contribution in [0.5, 0.6) is 11.5 Å². The molecule has 0 bridgehead atoms. The van der Waals surface area contributed by atoms with Gasteiger partial charge in [0.05, 0.1) is 12.4 Å². The highest BCUT2D eigenvalue weighted by Crippen LogP contribution is 2.35. The van der Waals surface area contributed by atoms with Crippen LogP contribution in [0.2, 0.25) is 0 Å². The van der Waals surface area contributed by atoms with Crippen LogP contribution in [0.1, 0.15) is 5.69 Å². The van der Waals surface area contributed by atoms with Crippen LogP contribution in [0, 0.1) is 4.84 Å². The molecule has 0 unspecified atom stereocenters. The van der Waals surface area contributed by atoms with Gasteiger partial charge < -0.3 is 13.9 Å². The van der Waals surface area contributed by atoms with E-state index in [1.807, 2.05) is 36.5 Å².